The lowest BCUT2D eigenvalue weighted by Crippen LogP contribution is -1.90. The normalized spacial score (nSPS) is 10.8. The average molecular weight is 292 g/mol. The van der Waals surface area contributed by atoms with Gasteiger partial charge in [-0.05, 0) is 30.3 Å². The van der Waals surface area contributed by atoms with Crippen LogP contribution in [0.2, 0.25) is 10.0 Å². The Kier molecular flexibility index (Phi) is 3.32. The highest BCUT2D eigenvalue weighted by atomic mass is 35.5. The van der Waals surface area contributed by atoms with Gasteiger partial charge >= 0.3 is 0 Å². The van der Waals surface area contributed by atoms with Crippen molar-refractivity contribution in [2.75, 3.05) is 0 Å². The zero-order chi connectivity index (χ0) is 13.2. The van der Waals surface area contributed by atoms with E-state index in [0.717, 1.165) is 29.2 Å². The molecule has 3 nitrogen and oxygen atoms in total. The summed E-state index contributed by atoms with van der Waals surface area (Å²) in [5, 5.41) is 1.23. The first-order chi connectivity index (χ1) is 9.20. The van der Waals surface area contributed by atoms with E-state index in [1.165, 1.54) is 0 Å². The number of aromatic amines is 2. The first-order valence-electron chi connectivity index (χ1n) is 5.83. The van der Waals surface area contributed by atoms with E-state index >= 15 is 0 Å². The number of hydrogen-bond acceptors (Lipinski definition) is 1. The quantitative estimate of drug-likeness (QED) is 0.742. The molecule has 0 radical (unpaired) electrons. The van der Waals surface area contributed by atoms with Crippen molar-refractivity contribution in [1.29, 1.82) is 0 Å². The number of nitrogens with zero attached hydrogens (tertiary/aromatic N) is 1. The van der Waals surface area contributed by atoms with Crippen molar-refractivity contribution >= 4 is 23.2 Å². The molecule has 0 fully saturated rings. The lowest BCUT2D eigenvalue weighted by atomic mass is 10.2. The van der Waals surface area contributed by atoms with Crippen LogP contribution in [-0.2, 0) is 6.42 Å². The molecule has 0 unspecified atom stereocenters. The summed E-state index contributed by atoms with van der Waals surface area (Å²) in [4.78, 5) is 10.8. The summed E-state index contributed by atoms with van der Waals surface area (Å²) in [6, 6.07) is 9.43. The van der Waals surface area contributed by atoms with Crippen LogP contribution in [0.15, 0.2) is 42.7 Å². The Morgan fingerprint density at radius 1 is 1.11 bits per heavy atom. The summed E-state index contributed by atoms with van der Waals surface area (Å²) in [6.45, 7) is 0. The molecule has 0 spiro atoms. The van der Waals surface area contributed by atoms with Gasteiger partial charge in [0, 0.05) is 33.9 Å². The van der Waals surface area contributed by atoms with Crippen molar-refractivity contribution in [3.63, 3.8) is 0 Å². The summed E-state index contributed by atoms with van der Waals surface area (Å²) in [7, 11) is 0. The van der Waals surface area contributed by atoms with Crippen LogP contribution in [0.1, 0.15) is 11.5 Å². The lowest BCUT2D eigenvalue weighted by Gasteiger charge is -2.00. The maximum atomic E-state index is 6.00. The summed E-state index contributed by atoms with van der Waals surface area (Å²) >= 11 is 12.0. The van der Waals surface area contributed by atoms with Gasteiger partial charge in [-0.15, -0.1) is 0 Å². The second kappa shape index (κ2) is 5.11. The van der Waals surface area contributed by atoms with Crippen LogP contribution in [0, 0.1) is 0 Å². The number of benzene rings is 1. The van der Waals surface area contributed by atoms with Gasteiger partial charge in [0.05, 0.1) is 11.9 Å². The molecule has 3 rings (SSSR count). The van der Waals surface area contributed by atoms with E-state index < -0.39 is 0 Å². The number of aromatic nitrogens is 3. The van der Waals surface area contributed by atoms with E-state index in [1.807, 2.05) is 30.5 Å². The zero-order valence-electron chi connectivity index (χ0n) is 9.95. The summed E-state index contributed by atoms with van der Waals surface area (Å²) in [5.41, 5.74) is 2.96. The van der Waals surface area contributed by atoms with Gasteiger partial charge in [-0.1, -0.05) is 23.2 Å². The molecular weight excluding hydrogens is 281 g/mol. The van der Waals surface area contributed by atoms with Crippen molar-refractivity contribution in [3.8, 4) is 11.3 Å². The molecule has 0 aliphatic carbocycles. The topological polar surface area (TPSA) is 44.5 Å². The smallest absolute Gasteiger partial charge is 0.112 e. The Hall–Kier alpha value is -1.71. The van der Waals surface area contributed by atoms with Crippen LogP contribution in [0.5, 0.6) is 0 Å². The molecule has 5 heteroatoms. The number of H-pyrrole nitrogens is 2. The second-order valence-electron chi connectivity index (χ2n) is 4.27. The molecule has 0 amide bonds. The molecule has 0 bridgehead atoms. The largest absolute Gasteiger partial charge is 0.365 e. The minimum atomic E-state index is 0.614. The SMILES string of the molecule is Clc1cc(Cl)cc(-c2cnc(Cc3ccc[nH]3)[nH]2)c1. The van der Waals surface area contributed by atoms with Crippen LogP contribution < -0.4 is 0 Å². The molecule has 1 aromatic carbocycles. The molecular formula is C14H11Cl2N3. The highest BCUT2D eigenvalue weighted by Gasteiger charge is 2.06. The van der Waals surface area contributed by atoms with Crippen LogP contribution >= 0.6 is 23.2 Å². The molecule has 0 aliphatic heterocycles. The van der Waals surface area contributed by atoms with Gasteiger partial charge in [-0.3, -0.25) is 0 Å². The zero-order valence-corrected chi connectivity index (χ0v) is 11.5. The van der Waals surface area contributed by atoms with Crippen molar-refractivity contribution < 1.29 is 0 Å². The van der Waals surface area contributed by atoms with E-state index in [4.69, 9.17) is 23.2 Å². The third kappa shape index (κ3) is 2.83. The van der Waals surface area contributed by atoms with Crippen molar-refractivity contribution in [1.82, 2.24) is 15.0 Å². The van der Waals surface area contributed by atoms with Gasteiger partial charge in [-0.25, -0.2) is 4.98 Å². The van der Waals surface area contributed by atoms with Gasteiger partial charge in [0.25, 0.3) is 0 Å². The molecule has 3 aromatic rings. The molecule has 2 heterocycles. The lowest BCUT2D eigenvalue weighted by molar-refractivity contribution is 0.992. The summed E-state index contributed by atoms with van der Waals surface area (Å²) in [5.74, 6) is 0.897. The molecule has 0 aliphatic rings. The van der Waals surface area contributed by atoms with Crippen LogP contribution in [0.25, 0.3) is 11.3 Å². The predicted molar refractivity (Wildman–Crippen MR) is 77.6 cm³/mol. The summed E-state index contributed by atoms with van der Waals surface area (Å²) < 4.78 is 0. The number of imidazole rings is 1. The van der Waals surface area contributed by atoms with Gasteiger partial charge in [0.15, 0.2) is 0 Å². The molecule has 0 saturated heterocycles. The average Bonchev–Trinajstić information content (AvgIpc) is 2.99. The fourth-order valence-electron chi connectivity index (χ4n) is 1.97. The number of rotatable bonds is 3. The monoisotopic (exact) mass is 291 g/mol. The maximum absolute atomic E-state index is 6.00. The third-order valence-corrected chi connectivity index (χ3v) is 3.26. The van der Waals surface area contributed by atoms with Gasteiger partial charge in [0.1, 0.15) is 5.82 Å². The van der Waals surface area contributed by atoms with Gasteiger partial charge in [0.2, 0.25) is 0 Å². The number of hydrogen-bond donors (Lipinski definition) is 2. The van der Waals surface area contributed by atoms with Gasteiger partial charge in [-0.2, -0.15) is 0 Å². The standard InChI is InChI=1S/C14H11Cl2N3/c15-10-4-9(5-11(16)6-10)13-8-18-14(19-13)7-12-2-1-3-17-12/h1-6,8,17H,7H2,(H,18,19). The van der Waals surface area contributed by atoms with Crippen LogP contribution in [-0.4, -0.2) is 15.0 Å². The Labute approximate surface area is 120 Å². The van der Waals surface area contributed by atoms with Crippen molar-refractivity contribution in [2.45, 2.75) is 6.42 Å². The first kappa shape index (κ1) is 12.3. The fourth-order valence-corrected chi connectivity index (χ4v) is 2.49. The van der Waals surface area contributed by atoms with E-state index in [1.54, 1.807) is 12.3 Å². The fraction of sp³-hybridized carbons (Fsp3) is 0.0714. The van der Waals surface area contributed by atoms with Crippen LogP contribution in [0.3, 0.4) is 0 Å². The van der Waals surface area contributed by atoms with Crippen LogP contribution in [0.4, 0.5) is 0 Å². The number of nitrogens with one attached hydrogen (secondary N) is 2. The molecule has 0 saturated carbocycles. The molecule has 2 N–H and O–H groups in total. The minimum Gasteiger partial charge on any atom is -0.365 e. The Balaban J connectivity index is 1.88. The third-order valence-electron chi connectivity index (χ3n) is 2.82. The molecule has 19 heavy (non-hydrogen) atoms. The van der Waals surface area contributed by atoms with Crippen molar-refractivity contribution in [2.24, 2.45) is 0 Å². The molecule has 2 aromatic heterocycles. The van der Waals surface area contributed by atoms with E-state index in [9.17, 15) is 0 Å². The summed E-state index contributed by atoms with van der Waals surface area (Å²) in [6.07, 6.45) is 4.43. The maximum Gasteiger partial charge on any atom is 0.112 e. The van der Waals surface area contributed by atoms with Gasteiger partial charge < -0.3 is 9.97 Å². The molecule has 96 valence electrons. The van der Waals surface area contributed by atoms with E-state index in [-0.39, 0.29) is 0 Å². The van der Waals surface area contributed by atoms with E-state index in [2.05, 4.69) is 15.0 Å². The Morgan fingerprint density at radius 2 is 1.89 bits per heavy atom. The predicted octanol–water partition coefficient (Wildman–Crippen LogP) is 4.30. The highest BCUT2D eigenvalue weighted by Crippen LogP contribution is 2.26. The molecule has 0 atom stereocenters. The van der Waals surface area contributed by atoms with E-state index in [0.29, 0.717) is 10.0 Å². The number of halogens is 2. The Morgan fingerprint density at radius 3 is 2.58 bits per heavy atom. The first-order valence-corrected chi connectivity index (χ1v) is 6.59. The minimum absolute atomic E-state index is 0.614. The highest BCUT2D eigenvalue weighted by molar-refractivity contribution is 6.35. The van der Waals surface area contributed by atoms with Crippen molar-refractivity contribution in [3.05, 3.63) is 64.3 Å². The Bertz CT molecular complexity index is 666. The second-order valence-corrected chi connectivity index (χ2v) is 5.15.